The Labute approximate surface area is 85.6 Å². The maximum absolute atomic E-state index is 12.1. The number of hydrogen-bond acceptors (Lipinski definition) is 2. The van der Waals surface area contributed by atoms with Gasteiger partial charge in [-0.25, -0.2) is 0 Å². The fraction of sp³-hybridized carbons (Fsp3) is 0.909. The fourth-order valence-electron chi connectivity index (χ4n) is 2.63. The van der Waals surface area contributed by atoms with Crippen LogP contribution in [-0.2, 0) is 4.79 Å². The zero-order valence-corrected chi connectivity index (χ0v) is 8.80. The lowest BCUT2D eigenvalue weighted by atomic mass is 9.96. The van der Waals surface area contributed by atoms with E-state index < -0.39 is 5.54 Å². The van der Waals surface area contributed by atoms with Gasteiger partial charge in [-0.05, 0) is 32.1 Å². The Morgan fingerprint density at radius 1 is 1.00 bits per heavy atom. The summed E-state index contributed by atoms with van der Waals surface area (Å²) in [5.74, 6) is 0.217. The van der Waals surface area contributed by atoms with Gasteiger partial charge in [-0.2, -0.15) is 0 Å². The predicted octanol–water partition coefficient (Wildman–Crippen LogP) is 1.27. The first-order chi connectivity index (χ1) is 6.72. The van der Waals surface area contributed by atoms with Crippen LogP contribution in [0.4, 0.5) is 0 Å². The number of piperidine rings is 1. The van der Waals surface area contributed by atoms with Gasteiger partial charge in [0.05, 0.1) is 5.54 Å². The van der Waals surface area contributed by atoms with Gasteiger partial charge in [0.15, 0.2) is 0 Å². The molecule has 0 bridgehead atoms. The minimum Gasteiger partial charge on any atom is -0.341 e. The van der Waals surface area contributed by atoms with Gasteiger partial charge in [0.2, 0.25) is 5.91 Å². The van der Waals surface area contributed by atoms with Crippen molar-refractivity contribution in [3.8, 4) is 0 Å². The first-order valence-electron chi connectivity index (χ1n) is 5.81. The second kappa shape index (κ2) is 3.89. The van der Waals surface area contributed by atoms with Crippen LogP contribution in [0.15, 0.2) is 0 Å². The van der Waals surface area contributed by atoms with E-state index in [1.807, 2.05) is 4.90 Å². The van der Waals surface area contributed by atoms with Gasteiger partial charge in [-0.1, -0.05) is 12.8 Å². The topological polar surface area (TPSA) is 46.3 Å². The molecular weight excluding hydrogens is 176 g/mol. The van der Waals surface area contributed by atoms with Crippen LogP contribution in [0, 0.1) is 0 Å². The third-order valence-electron chi connectivity index (χ3n) is 3.56. The van der Waals surface area contributed by atoms with E-state index in [1.54, 1.807) is 0 Å². The highest BCUT2D eigenvalue weighted by atomic mass is 16.2. The molecule has 2 rings (SSSR count). The molecule has 3 heteroatoms. The van der Waals surface area contributed by atoms with E-state index in [9.17, 15) is 4.79 Å². The van der Waals surface area contributed by atoms with Crippen LogP contribution >= 0.6 is 0 Å². The van der Waals surface area contributed by atoms with Gasteiger partial charge < -0.3 is 10.6 Å². The Bertz CT molecular complexity index is 215. The second-order valence-corrected chi connectivity index (χ2v) is 4.72. The highest BCUT2D eigenvalue weighted by Crippen LogP contribution is 2.29. The van der Waals surface area contributed by atoms with Crippen molar-refractivity contribution in [2.45, 2.75) is 50.5 Å². The van der Waals surface area contributed by atoms with Crippen molar-refractivity contribution in [2.75, 3.05) is 13.1 Å². The lowest BCUT2D eigenvalue weighted by molar-refractivity contribution is -0.137. The number of carbonyl (C=O) groups excluding carboxylic acids is 1. The molecular formula is C11H20N2O. The summed E-state index contributed by atoms with van der Waals surface area (Å²) in [6, 6.07) is 0. The molecule has 0 radical (unpaired) electrons. The molecule has 1 amide bonds. The van der Waals surface area contributed by atoms with E-state index in [0.29, 0.717) is 0 Å². The molecule has 1 aliphatic carbocycles. The van der Waals surface area contributed by atoms with E-state index in [2.05, 4.69) is 0 Å². The van der Waals surface area contributed by atoms with Gasteiger partial charge in [0.1, 0.15) is 0 Å². The number of hydrogen-bond donors (Lipinski definition) is 1. The van der Waals surface area contributed by atoms with Crippen molar-refractivity contribution in [2.24, 2.45) is 5.73 Å². The van der Waals surface area contributed by atoms with Crippen LogP contribution < -0.4 is 5.73 Å². The average molecular weight is 196 g/mol. The third kappa shape index (κ3) is 1.78. The summed E-state index contributed by atoms with van der Waals surface area (Å²) in [6.07, 6.45) is 7.60. The molecule has 0 atom stereocenters. The number of carbonyl (C=O) groups is 1. The van der Waals surface area contributed by atoms with E-state index in [0.717, 1.165) is 51.6 Å². The number of nitrogens with two attached hydrogens (primary N) is 1. The molecule has 1 saturated heterocycles. The predicted molar refractivity (Wildman–Crippen MR) is 55.8 cm³/mol. The minimum absolute atomic E-state index is 0.217. The first kappa shape index (κ1) is 9.97. The molecule has 1 heterocycles. The van der Waals surface area contributed by atoms with Crippen molar-refractivity contribution in [3.05, 3.63) is 0 Å². The van der Waals surface area contributed by atoms with Gasteiger partial charge in [0.25, 0.3) is 0 Å². The number of amides is 1. The average Bonchev–Trinajstić information content (AvgIpc) is 2.67. The Morgan fingerprint density at radius 2 is 1.57 bits per heavy atom. The van der Waals surface area contributed by atoms with E-state index >= 15 is 0 Å². The van der Waals surface area contributed by atoms with Crippen molar-refractivity contribution in [3.63, 3.8) is 0 Å². The van der Waals surface area contributed by atoms with Gasteiger partial charge in [-0.15, -0.1) is 0 Å². The Kier molecular flexibility index (Phi) is 2.77. The maximum Gasteiger partial charge on any atom is 0.242 e. The zero-order chi connectivity index (χ0) is 10.0. The molecule has 1 saturated carbocycles. The Morgan fingerprint density at radius 3 is 2.14 bits per heavy atom. The summed E-state index contributed by atoms with van der Waals surface area (Å²) in [5, 5.41) is 0. The molecule has 3 nitrogen and oxygen atoms in total. The molecule has 0 aromatic heterocycles. The molecule has 2 aliphatic rings. The van der Waals surface area contributed by atoms with Crippen molar-refractivity contribution in [1.29, 1.82) is 0 Å². The highest BCUT2D eigenvalue weighted by molar-refractivity contribution is 5.86. The Hall–Kier alpha value is -0.570. The summed E-state index contributed by atoms with van der Waals surface area (Å²) in [7, 11) is 0. The van der Waals surface area contributed by atoms with E-state index in [4.69, 9.17) is 5.73 Å². The van der Waals surface area contributed by atoms with Crippen LogP contribution in [0.2, 0.25) is 0 Å². The van der Waals surface area contributed by atoms with Crippen molar-refractivity contribution >= 4 is 5.91 Å². The summed E-state index contributed by atoms with van der Waals surface area (Å²) in [6.45, 7) is 1.86. The van der Waals surface area contributed by atoms with Gasteiger partial charge in [0, 0.05) is 13.1 Å². The van der Waals surface area contributed by atoms with Gasteiger partial charge >= 0.3 is 0 Å². The molecule has 0 aromatic carbocycles. The van der Waals surface area contributed by atoms with Gasteiger partial charge in [-0.3, -0.25) is 4.79 Å². The standard InChI is InChI=1S/C11H20N2O/c12-11(6-2-3-7-11)10(14)13-8-4-1-5-9-13/h1-9,12H2. The third-order valence-corrected chi connectivity index (χ3v) is 3.56. The number of rotatable bonds is 1. The van der Waals surface area contributed by atoms with E-state index in [1.165, 1.54) is 6.42 Å². The van der Waals surface area contributed by atoms with Crippen molar-refractivity contribution < 1.29 is 4.79 Å². The second-order valence-electron chi connectivity index (χ2n) is 4.72. The molecule has 2 fully saturated rings. The molecule has 80 valence electrons. The monoisotopic (exact) mass is 196 g/mol. The lowest BCUT2D eigenvalue weighted by Crippen LogP contribution is -2.54. The lowest BCUT2D eigenvalue weighted by Gasteiger charge is -2.33. The van der Waals surface area contributed by atoms with Crippen LogP contribution in [-0.4, -0.2) is 29.4 Å². The summed E-state index contributed by atoms with van der Waals surface area (Å²) < 4.78 is 0. The molecule has 2 N–H and O–H groups in total. The zero-order valence-electron chi connectivity index (χ0n) is 8.80. The van der Waals surface area contributed by atoms with Crippen LogP contribution in [0.25, 0.3) is 0 Å². The molecule has 0 spiro atoms. The number of likely N-dealkylation sites (tertiary alicyclic amines) is 1. The minimum atomic E-state index is -0.503. The Balaban J connectivity index is 1.98. The summed E-state index contributed by atoms with van der Waals surface area (Å²) in [4.78, 5) is 14.1. The largest absolute Gasteiger partial charge is 0.341 e. The smallest absolute Gasteiger partial charge is 0.242 e. The summed E-state index contributed by atoms with van der Waals surface area (Å²) >= 11 is 0. The van der Waals surface area contributed by atoms with Crippen LogP contribution in [0.1, 0.15) is 44.9 Å². The number of nitrogens with zero attached hydrogens (tertiary/aromatic N) is 1. The summed E-state index contributed by atoms with van der Waals surface area (Å²) in [5.41, 5.74) is 5.64. The van der Waals surface area contributed by atoms with Crippen LogP contribution in [0.5, 0.6) is 0 Å². The fourth-order valence-corrected chi connectivity index (χ4v) is 2.63. The quantitative estimate of drug-likeness (QED) is 0.686. The molecule has 0 aromatic rings. The van der Waals surface area contributed by atoms with Crippen LogP contribution in [0.3, 0.4) is 0 Å². The van der Waals surface area contributed by atoms with Crippen molar-refractivity contribution in [1.82, 2.24) is 4.90 Å². The van der Waals surface area contributed by atoms with E-state index in [-0.39, 0.29) is 5.91 Å². The molecule has 0 unspecified atom stereocenters. The molecule has 1 aliphatic heterocycles. The molecule has 14 heavy (non-hydrogen) atoms. The maximum atomic E-state index is 12.1. The SMILES string of the molecule is NC1(C(=O)N2CCCCC2)CCCC1. The normalized spacial score (nSPS) is 26.5. The highest BCUT2D eigenvalue weighted by Gasteiger charge is 2.39. The first-order valence-corrected chi connectivity index (χ1v) is 5.81.